The lowest BCUT2D eigenvalue weighted by Crippen LogP contribution is -1.91. The van der Waals surface area contributed by atoms with E-state index in [1.165, 1.54) is 6.07 Å². The average molecular weight is 301 g/mol. The molecule has 0 aliphatic rings. The van der Waals surface area contributed by atoms with Crippen LogP contribution in [0, 0.1) is 11.6 Å². The summed E-state index contributed by atoms with van der Waals surface area (Å²) >= 11 is 0. The summed E-state index contributed by atoms with van der Waals surface area (Å²) in [4.78, 5) is 0. The van der Waals surface area contributed by atoms with Crippen LogP contribution in [-0.2, 0) is 6.54 Å². The van der Waals surface area contributed by atoms with Gasteiger partial charge in [0.1, 0.15) is 11.5 Å². The van der Waals surface area contributed by atoms with Crippen molar-refractivity contribution in [3.63, 3.8) is 0 Å². The normalized spacial score (nSPS) is 11.6. The highest BCUT2D eigenvalue weighted by atomic mass is 19.1. The van der Waals surface area contributed by atoms with Gasteiger partial charge in [-0.25, -0.2) is 8.78 Å². The molecule has 3 rings (SSSR count). The van der Waals surface area contributed by atoms with Crippen molar-refractivity contribution >= 4 is 22.3 Å². The van der Waals surface area contributed by atoms with Crippen LogP contribution < -0.4 is 0 Å². The SMILES string of the molecule is CCn1c(O)c(N=Nc2ccc(F)cc2F)c2ccccc21. The minimum absolute atomic E-state index is 0.0324. The van der Waals surface area contributed by atoms with Gasteiger partial charge >= 0.3 is 0 Å². The molecule has 6 heteroatoms. The van der Waals surface area contributed by atoms with Gasteiger partial charge in [-0.05, 0) is 25.1 Å². The van der Waals surface area contributed by atoms with E-state index in [1.54, 1.807) is 10.6 Å². The fourth-order valence-corrected chi connectivity index (χ4v) is 2.36. The van der Waals surface area contributed by atoms with E-state index in [1.807, 2.05) is 25.1 Å². The molecule has 0 unspecified atom stereocenters. The summed E-state index contributed by atoms with van der Waals surface area (Å²) in [6.45, 7) is 2.46. The number of aromatic nitrogens is 1. The molecular weight excluding hydrogens is 288 g/mol. The molecule has 3 aromatic rings. The zero-order valence-corrected chi connectivity index (χ0v) is 11.8. The van der Waals surface area contributed by atoms with E-state index in [0.29, 0.717) is 11.9 Å². The number of aryl methyl sites for hydroxylation is 1. The highest BCUT2D eigenvalue weighted by Gasteiger charge is 2.15. The number of benzene rings is 2. The van der Waals surface area contributed by atoms with Crippen LogP contribution in [0.15, 0.2) is 52.7 Å². The van der Waals surface area contributed by atoms with Crippen molar-refractivity contribution in [1.82, 2.24) is 4.57 Å². The monoisotopic (exact) mass is 301 g/mol. The summed E-state index contributed by atoms with van der Waals surface area (Å²) in [5.74, 6) is -1.51. The molecule has 0 saturated heterocycles. The molecule has 0 radical (unpaired) electrons. The zero-order chi connectivity index (χ0) is 15.7. The van der Waals surface area contributed by atoms with E-state index >= 15 is 0 Å². The molecule has 0 bridgehead atoms. The minimum atomic E-state index is -0.803. The number of hydrogen-bond donors (Lipinski definition) is 1. The minimum Gasteiger partial charge on any atom is -0.493 e. The Bertz CT molecular complexity index is 871. The molecule has 1 N–H and O–H groups in total. The largest absolute Gasteiger partial charge is 0.493 e. The first-order valence-electron chi connectivity index (χ1n) is 6.78. The van der Waals surface area contributed by atoms with Crippen molar-refractivity contribution in [2.24, 2.45) is 10.2 Å². The van der Waals surface area contributed by atoms with Crippen LogP contribution in [0.25, 0.3) is 10.9 Å². The second kappa shape index (κ2) is 5.55. The van der Waals surface area contributed by atoms with Crippen molar-refractivity contribution < 1.29 is 13.9 Å². The lowest BCUT2D eigenvalue weighted by Gasteiger charge is -2.01. The first-order chi connectivity index (χ1) is 10.6. The van der Waals surface area contributed by atoms with E-state index in [0.717, 1.165) is 17.6 Å². The van der Waals surface area contributed by atoms with Crippen LogP contribution in [0.3, 0.4) is 0 Å². The van der Waals surface area contributed by atoms with Gasteiger partial charge in [0.05, 0.1) is 5.52 Å². The highest BCUT2D eigenvalue weighted by Crippen LogP contribution is 2.39. The number of halogens is 2. The fraction of sp³-hybridized carbons (Fsp3) is 0.125. The van der Waals surface area contributed by atoms with Crippen molar-refractivity contribution in [2.45, 2.75) is 13.5 Å². The maximum absolute atomic E-state index is 13.6. The molecule has 0 amide bonds. The summed E-state index contributed by atoms with van der Waals surface area (Å²) < 4.78 is 28.1. The van der Waals surface area contributed by atoms with Gasteiger partial charge < -0.3 is 9.67 Å². The van der Waals surface area contributed by atoms with Crippen molar-refractivity contribution in [2.75, 3.05) is 0 Å². The highest BCUT2D eigenvalue weighted by molar-refractivity contribution is 5.94. The summed E-state index contributed by atoms with van der Waals surface area (Å²) in [5, 5.41) is 18.7. The Balaban J connectivity index is 2.11. The van der Waals surface area contributed by atoms with Crippen LogP contribution >= 0.6 is 0 Å². The van der Waals surface area contributed by atoms with Gasteiger partial charge in [0, 0.05) is 18.0 Å². The molecule has 1 aromatic heterocycles. The third-order valence-electron chi connectivity index (χ3n) is 3.40. The van der Waals surface area contributed by atoms with Gasteiger partial charge in [-0.2, -0.15) is 0 Å². The van der Waals surface area contributed by atoms with Crippen LogP contribution in [0.4, 0.5) is 20.2 Å². The lowest BCUT2D eigenvalue weighted by atomic mass is 10.2. The van der Waals surface area contributed by atoms with Gasteiger partial charge in [0.15, 0.2) is 11.5 Å². The van der Waals surface area contributed by atoms with Crippen LogP contribution in [0.1, 0.15) is 6.92 Å². The molecule has 4 nitrogen and oxygen atoms in total. The van der Waals surface area contributed by atoms with Gasteiger partial charge in [-0.15, -0.1) is 10.2 Å². The molecule has 0 aliphatic heterocycles. The Hall–Kier alpha value is -2.76. The Morgan fingerprint density at radius 3 is 2.59 bits per heavy atom. The van der Waals surface area contributed by atoms with E-state index in [-0.39, 0.29) is 17.3 Å². The molecular formula is C16H13F2N3O. The molecule has 2 aromatic carbocycles. The maximum atomic E-state index is 13.6. The van der Waals surface area contributed by atoms with Crippen LogP contribution in [0.5, 0.6) is 5.88 Å². The van der Waals surface area contributed by atoms with E-state index < -0.39 is 11.6 Å². The molecule has 0 fully saturated rings. The van der Waals surface area contributed by atoms with E-state index in [9.17, 15) is 13.9 Å². The smallest absolute Gasteiger partial charge is 0.220 e. The third kappa shape index (κ3) is 2.32. The first-order valence-corrected chi connectivity index (χ1v) is 6.78. The van der Waals surface area contributed by atoms with E-state index in [4.69, 9.17) is 0 Å². The third-order valence-corrected chi connectivity index (χ3v) is 3.40. The van der Waals surface area contributed by atoms with Gasteiger partial charge in [-0.3, -0.25) is 0 Å². The molecule has 0 spiro atoms. The average Bonchev–Trinajstić information content (AvgIpc) is 2.78. The molecule has 0 aliphatic carbocycles. The topological polar surface area (TPSA) is 49.9 Å². The second-order valence-corrected chi connectivity index (χ2v) is 4.73. The molecule has 112 valence electrons. The van der Waals surface area contributed by atoms with E-state index in [2.05, 4.69) is 10.2 Å². The van der Waals surface area contributed by atoms with Crippen molar-refractivity contribution in [1.29, 1.82) is 0 Å². The Morgan fingerprint density at radius 2 is 1.86 bits per heavy atom. The number of fused-ring (bicyclic) bond motifs is 1. The summed E-state index contributed by atoms with van der Waals surface area (Å²) in [7, 11) is 0. The Morgan fingerprint density at radius 1 is 1.09 bits per heavy atom. The summed E-state index contributed by atoms with van der Waals surface area (Å²) in [6, 6.07) is 10.4. The van der Waals surface area contributed by atoms with Gasteiger partial charge in [0.2, 0.25) is 5.88 Å². The Labute approximate surface area is 125 Å². The maximum Gasteiger partial charge on any atom is 0.220 e. The summed E-state index contributed by atoms with van der Waals surface area (Å²) in [6.07, 6.45) is 0. The molecule has 0 atom stereocenters. The first kappa shape index (κ1) is 14.2. The summed E-state index contributed by atoms with van der Waals surface area (Å²) in [5.41, 5.74) is 0.992. The predicted octanol–water partition coefficient (Wildman–Crippen LogP) is 5.06. The number of para-hydroxylation sites is 1. The number of nitrogens with zero attached hydrogens (tertiary/aromatic N) is 3. The van der Waals surface area contributed by atoms with Crippen LogP contribution in [0.2, 0.25) is 0 Å². The van der Waals surface area contributed by atoms with Crippen molar-refractivity contribution in [3.8, 4) is 5.88 Å². The number of rotatable bonds is 3. The molecule has 0 saturated carbocycles. The van der Waals surface area contributed by atoms with Gasteiger partial charge in [0.25, 0.3) is 0 Å². The lowest BCUT2D eigenvalue weighted by molar-refractivity contribution is 0.427. The predicted molar refractivity (Wildman–Crippen MR) is 79.8 cm³/mol. The number of azo groups is 1. The fourth-order valence-electron chi connectivity index (χ4n) is 2.36. The zero-order valence-electron chi connectivity index (χ0n) is 11.8. The standard InChI is InChI=1S/C16H13F2N3O/c1-2-21-14-6-4-3-5-11(14)15(16(21)22)20-19-13-8-7-10(17)9-12(13)18/h3-9,22H,2H2,1H3. The Kier molecular flexibility index (Phi) is 3.58. The number of hydrogen-bond acceptors (Lipinski definition) is 3. The number of aromatic hydroxyl groups is 1. The molecule has 1 heterocycles. The molecule has 22 heavy (non-hydrogen) atoms. The van der Waals surface area contributed by atoms with Crippen LogP contribution in [-0.4, -0.2) is 9.67 Å². The second-order valence-electron chi connectivity index (χ2n) is 4.73. The quantitative estimate of drug-likeness (QED) is 0.675. The van der Waals surface area contributed by atoms with Crippen molar-refractivity contribution in [3.05, 3.63) is 54.1 Å². The van der Waals surface area contributed by atoms with Gasteiger partial charge in [-0.1, -0.05) is 18.2 Å².